The first-order chi connectivity index (χ1) is 15.5. The van der Waals surface area contributed by atoms with Crippen LogP contribution >= 0.6 is 11.3 Å². The van der Waals surface area contributed by atoms with Gasteiger partial charge in [0.15, 0.2) is 0 Å². The molecule has 2 aromatic carbocycles. The number of carbonyl (C=O) groups is 2. The molecular weight excluding hydrogens is 422 g/mol. The molecule has 1 fully saturated rings. The van der Waals surface area contributed by atoms with Crippen LogP contribution in [0.2, 0.25) is 0 Å². The highest BCUT2D eigenvalue weighted by atomic mass is 32.1. The number of hydrogen-bond acceptors (Lipinski definition) is 5. The van der Waals surface area contributed by atoms with E-state index in [0.29, 0.717) is 18.1 Å². The largest absolute Gasteiger partial charge is 0.324 e. The van der Waals surface area contributed by atoms with Crippen molar-refractivity contribution in [1.82, 2.24) is 15.1 Å². The van der Waals surface area contributed by atoms with Crippen LogP contribution in [0.4, 0.5) is 16.2 Å². The second-order valence-corrected chi connectivity index (χ2v) is 8.98. The molecule has 2 N–H and O–H groups in total. The van der Waals surface area contributed by atoms with Gasteiger partial charge in [0.1, 0.15) is 5.01 Å². The number of aryl methyl sites for hydroxylation is 2. The molecule has 1 aliphatic rings. The van der Waals surface area contributed by atoms with Crippen LogP contribution in [0.25, 0.3) is 0 Å². The van der Waals surface area contributed by atoms with Crippen LogP contribution < -0.4 is 10.6 Å². The number of rotatable bonds is 5. The van der Waals surface area contributed by atoms with Crippen LogP contribution in [0.1, 0.15) is 51.6 Å². The third kappa shape index (κ3) is 5.13. The van der Waals surface area contributed by atoms with E-state index in [4.69, 9.17) is 0 Å². The van der Waals surface area contributed by atoms with Gasteiger partial charge in [0.2, 0.25) is 5.01 Å². The lowest BCUT2D eigenvalue weighted by molar-refractivity contribution is 0.102. The molecule has 32 heavy (non-hydrogen) atoms. The van der Waals surface area contributed by atoms with E-state index >= 15 is 0 Å². The van der Waals surface area contributed by atoms with Crippen molar-refractivity contribution >= 4 is 34.6 Å². The Labute approximate surface area is 191 Å². The third-order valence-corrected chi connectivity index (χ3v) is 6.80. The SMILES string of the molecule is CCc1ccccc1NC(=O)N1CCC(c2nnc(C(=O)Nc3ccc(C)cc3)s2)CC1. The van der Waals surface area contributed by atoms with E-state index < -0.39 is 0 Å². The second kappa shape index (κ2) is 9.91. The van der Waals surface area contributed by atoms with Gasteiger partial charge < -0.3 is 15.5 Å². The average molecular weight is 450 g/mol. The van der Waals surface area contributed by atoms with E-state index in [2.05, 4.69) is 27.8 Å². The Morgan fingerprint density at radius 2 is 1.75 bits per heavy atom. The van der Waals surface area contributed by atoms with Crippen molar-refractivity contribution < 1.29 is 9.59 Å². The molecule has 0 bridgehead atoms. The predicted octanol–water partition coefficient (Wildman–Crippen LogP) is 5.07. The lowest BCUT2D eigenvalue weighted by atomic mass is 9.98. The highest BCUT2D eigenvalue weighted by Gasteiger charge is 2.27. The van der Waals surface area contributed by atoms with Crippen molar-refractivity contribution in [2.45, 2.75) is 39.0 Å². The molecule has 0 atom stereocenters. The first-order valence-corrected chi connectivity index (χ1v) is 11.7. The molecule has 3 aromatic rings. The minimum absolute atomic E-state index is 0.0696. The minimum atomic E-state index is -0.246. The lowest BCUT2D eigenvalue weighted by Gasteiger charge is -2.31. The van der Waals surface area contributed by atoms with Crippen LogP contribution in [0.5, 0.6) is 0 Å². The molecule has 8 heteroatoms. The number of carbonyl (C=O) groups excluding carboxylic acids is 2. The van der Waals surface area contributed by atoms with E-state index in [0.717, 1.165) is 46.8 Å². The first-order valence-electron chi connectivity index (χ1n) is 10.9. The van der Waals surface area contributed by atoms with Crippen LogP contribution in [0.3, 0.4) is 0 Å². The Hall–Kier alpha value is -3.26. The van der Waals surface area contributed by atoms with Crippen molar-refractivity contribution in [1.29, 1.82) is 0 Å². The van der Waals surface area contributed by atoms with Crippen LogP contribution in [0.15, 0.2) is 48.5 Å². The van der Waals surface area contributed by atoms with Gasteiger partial charge >= 0.3 is 6.03 Å². The van der Waals surface area contributed by atoms with Gasteiger partial charge in [-0.2, -0.15) is 0 Å². The van der Waals surface area contributed by atoms with E-state index in [-0.39, 0.29) is 17.9 Å². The third-order valence-electron chi connectivity index (χ3n) is 5.72. The maximum absolute atomic E-state index is 12.7. The maximum atomic E-state index is 12.7. The molecule has 0 radical (unpaired) electrons. The summed E-state index contributed by atoms with van der Waals surface area (Å²) in [6.07, 6.45) is 2.48. The van der Waals surface area contributed by atoms with Gasteiger partial charge in [-0.15, -0.1) is 10.2 Å². The Balaban J connectivity index is 1.31. The quantitative estimate of drug-likeness (QED) is 0.569. The van der Waals surface area contributed by atoms with E-state index in [9.17, 15) is 9.59 Å². The zero-order chi connectivity index (χ0) is 22.5. The van der Waals surface area contributed by atoms with Crippen molar-refractivity contribution in [2.75, 3.05) is 23.7 Å². The van der Waals surface area contributed by atoms with Crippen molar-refractivity contribution in [3.63, 3.8) is 0 Å². The molecule has 0 unspecified atom stereocenters. The van der Waals surface area contributed by atoms with Gasteiger partial charge in [-0.05, 0) is 49.9 Å². The summed E-state index contributed by atoms with van der Waals surface area (Å²) in [6, 6.07) is 15.5. The van der Waals surface area contributed by atoms with E-state index in [1.807, 2.05) is 60.4 Å². The van der Waals surface area contributed by atoms with Gasteiger partial charge in [0.05, 0.1) is 0 Å². The average Bonchev–Trinajstić information content (AvgIpc) is 3.31. The van der Waals surface area contributed by atoms with Crippen molar-refractivity contribution in [3.05, 3.63) is 69.7 Å². The number of benzene rings is 2. The molecule has 2 heterocycles. The molecule has 0 saturated carbocycles. The van der Waals surface area contributed by atoms with Gasteiger partial charge in [0, 0.05) is 30.4 Å². The summed E-state index contributed by atoms with van der Waals surface area (Å²) in [7, 11) is 0. The standard InChI is InChI=1S/C24H27N5O2S/c1-3-17-6-4-5-7-20(17)26-24(31)29-14-12-18(13-15-29)22-27-28-23(32-22)21(30)25-19-10-8-16(2)9-11-19/h4-11,18H,3,12-15H2,1-2H3,(H,25,30)(H,26,31). The van der Waals surface area contributed by atoms with Crippen molar-refractivity contribution in [3.8, 4) is 0 Å². The molecular formula is C24H27N5O2S. The van der Waals surface area contributed by atoms with Gasteiger partial charge in [-0.3, -0.25) is 4.79 Å². The smallest absolute Gasteiger partial charge is 0.321 e. The van der Waals surface area contributed by atoms with Gasteiger partial charge in [-0.1, -0.05) is 54.2 Å². The van der Waals surface area contributed by atoms with E-state index in [1.165, 1.54) is 11.3 Å². The first kappa shape index (κ1) is 22.0. The Kier molecular flexibility index (Phi) is 6.80. The van der Waals surface area contributed by atoms with E-state index in [1.54, 1.807) is 0 Å². The number of nitrogens with one attached hydrogen (secondary N) is 2. The molecule has 1 aliphatic heterocycles. The minimum Gasteiger partial charge on any atom is -0.324 e. The number of likely N-dealkylation sites (tertiary alicyclic amines) is 1. The number of para-hydroxylation sites is 1. The fourth-order valence-corrected chi connectivity index (χ4v) is 4.69. The lowest BCUT2D eigenvalue weighted by Crippen LogP contribution is -2.40. The molecule has 3 amide bonds. The number of anilines is 2. The highest BCUT2D eigenvalue weighted by Crippen LogP contribution is 2.31. The summed E-state index contributed by atoms with van der Waals surface area (Å²) >= 11 is 1.33. The molecule has 7 nitrogen and oxygen atoms in total. The van der Waals surface area contributed by atoms with Crippen LogP contribution in [-0.2, 0) is 6.42 Å². The summed E-state index contributed by atoms with van der Waals surface area (Å²) in [5, 5.41) is 15.5. The summed E-state index contributed by atoms with van der Waals surface area (Å²) in [4.78, 5) is 27.0. The molecule has 166 valence electrons. The number of amides is 3. The number of hydrogen-bond donors (Lipinski definition) is 2. The van der Waals surface area contributed by atoms with Crippen LogP contribution in [-0.4, -0.2) is 40.1 Å². The molecule has 4 rings (SSSR count). The fourth-order valence-electron chi connectivity index (χ4n) is 3.79. The molecule has 0 aliphatic carbocycles. The highest BCUT2D eigenvalue weighted by molar-refractivity contribution is 7.13. The zero-order valence-corrected chi connectivity index (χ0v) is 19.1. The number of nitrogens with zero attached hydrogens (tertiary/aromatic N) is 3. The monoisotopic (exact) mass is 449 g/mol. The predicted molar refractivity (Wildman–Crippen MR) is 127 cm³/mol. The zero-order valence-electron chi connectivity index (χ0n) is 18.3. The normalized spacial score (nSPS) is 14.2. The maximum Gasteiger partial charge on any atom is 0.321 e. The fraction of sp³-hybridized carbons (Fsp3) is 0.333. The topological polar surface area (TPSA) is 87.2 Å². The van der Waals surface area contributed by atoms with Crippen LogP contribution in [0, 0.1) is 6.92 Å². The van der Waals surface area contributed by atoms with Crippen molar-refractivity contribution in [2.24, 2.45) is 0 Å². The molecule has 1 saturated heterocycles. The second-order valence-electron chi connectivity index (χ2n) is 7.97. The summed E-state index contributed by atoms with van der Waals surface area (Å²) < 4.78 is 0. The summed E-state index contributed by atoms with van der Waals surface area (Å²) in [5.74, 6) is -0.0376. The number of piperidine rings is 1. The number of urea groups is 1. The van der Waals surface area contributed by atoms with Gasteiger partial charge in [0.25, 0.3) is 5.91 Å². The Morgan fingerprint density at radius 1 is 1.03 bits per heavy atom. The Morgan fingerprint density at radius 3 is 2.47 bits per heavy atom. The summed E-state index contributed by atoms with van der Waals surface area (Å²) in [5.41, 5.74) is 3.87. The summed E-state index contributed by atoms with van der Waals surface area (Å²) in [6.45, 7) is 5.38. The molecule has 0 spiro atoms. The Bertz CT molecular complexity index is 1090. The van der Waals surface area contributed by atoms with Gasteiger partial charge in [-0.25, -0.2) is 4.79 Å². The number of aromatic nitrogens is 2. The molecule has 1 aromatic heterocycles.